The molecule has 1 amide bonds. The average molecular weight is 457 g/mol. The summed E-state index contributed by atoms with van der Waals surface area (Å²) < 4.78 is 64.1. The van der Waals surface area contributed by atoms with Crippen molar-refractivity contribution < 1.29 is 26.4 Å². The summed E-state index contributed by atoms with van der Waals surface area (Å²) in [5, 5.41) is 4.07. The smallest absolute Gasteiger partial charge is 0.333 e. The summed E-state index contributed by atoms with van der Waals surface area (Å²) in [5.74, 6) is -0.956. The molecular weight excluding hydrogens is 435 g/mol. The number of rotatable bonds is 5. The van der Waals surface area contributed by atoms with E-state index in [0.717, 1.165) is 22.9 Å². The van der Waals surface area contributed by atoms with Gasteiger partial charge in [0, 0.05) is 24.3 Å². The topological polar surface area (TPSA) is 89.3 Å². The third-order valence-electron chi connectivity index (χ3n) is 5.10. The van der Waals surface area contributed by atoms with Gasteiger partial charge in [0.15, 0.2) is 15.5 Å². The Bertz CT molecular complexity index is 1160. The van der Waals surface area contributed by atoms with Crippen LogP contribution in [0.2, 0.25) is 0 Å². The Labute approximate surface area is 177 Å². The van der Waals surface area contributed by atoms with Crippen molar-refractivity contribution in [2.24, 2.45) is 0 Å². The number of hydrogen-bond donors (Lipinski definition) is 0. The Hall–Kier alpha value is -2.69. The molecule has 0 aliphatic carbocycles. The standard InChI is InChI=1S/C20H22F3N3O4S/c1-3-8-25(16-7-9-31(29,30)12-16)19(28)18-17(27)10-13(2)26(24-18)15-6-4-5-14(11-15)20(21,22)23/h4-6,10-11,16H,3,7-9,12H2,1-2H3/t16-/m1/s1. The summed E-state index contributed by atoms with van der Waals surface area (Å²) in [5.41, 5.74) is -1.71. The quantitative estimate of drug-likeness (QED) is 0.689. The van der Waals surface area contributed by atoms with Gasteiger partial charge in [0.2, 0.25) is 5.43 Å². The summed E-state index contributed by atoms with van der Waals surface area (Å²) >= 11 is 0. The van der Waals surface area contributed by atoms with Crippen molar-refractivity contribution in [3.05, 3.63) is 57.5 Å². The van der Waals surface area contributed by atoms with Crippen molar-refractivity contribution in [1.82, 2.24) is 14.7 Å². The van der Waals surface area contributed by atoms with Crippen LogP contribution in [0.3, 0.4) is 0 Å². The highest BCUT2D eigenvalue weighted by Gasteiger charge is 2.36. The second-order valence-electron chi connectivity index (χ2n) is 7.51. The van der Waals surface area contributed by atoms with Crippen molar-refractivity contribution in [2.45, 2.75) is 38.9 Å². The summed E-state index contributed by atoms with van der Waals surface area (Å²) in [6, 6.07) is 4.97. The monoisotopic (exact) mass is 457 g/mol. The Morgan fingerprint density at radius 3 is 2.58 bits per heavy atom. The molecule has 0 N–H and O–H groups in total. The van der Waals surface area contributed by atoms with Crippen molar-refractivity contribution >= 4 is 15.7 Å². The molecule has 0 unspecified atom stereocenters. The Balaban J connectivity index is 2.04. The van der Waals surface area contributed by atoms with Crippen LogP contribution in [-0.4, -0.2) is 53.1 Å². The van der Waals surface area contributed by atoms with E-state index < -0.39 is 44.6 Å². The number of carbonyl (C=O) groups is 1. The molecule has 0 saturated carbocycles. The lowest BCUT2D eigenvalue weighted by atomic mass is 10.1. The Morgan fingerprint density at radius 2 is 2.00 bits per heavy atom. The first-order valence-electron chi connectivity index (χ1n) is 9.73. The van der Waals surface area contributed by atoms with Gasteiger partial charge in [0.25, 0.3) is 5.91 Å². The predicted molar refractivity (Wildman–Crippen MR) is 108 cm³/mol. The largest absolute Gasteiger partial charge is 0.416 e. The highest BCUT2D eigenvalue weighted by atomic mass is 32.2. The minimum atomic E-state index is -4.56. The average Bonchev–Trinajstić information content (AvgIpc) is 3.04. The van der Waals surface area contributed by atoms with Gasteiger partial charge in [0.1, 0.15) is 0 Å². The minimum absolute atomic E-state index is 0.0407. The number of carbonyl (C=O) groups excluding carboxylic acids is 1. The highest BCUT2D eigenvalue weighted by Crippen LogP contribution is 2.30. The Kier molecular flexibility index (Phi) is 6.26. The first kappa shape index (κ1) is 23.0. The number of amides is 1. The van der Waals surface area contributed by atoms with Gasteiger partial charge >= 0.3 is 6.18 Å². The molecule has 1 aromatic heterocycles. The molecule has 2 heterocycles. The van der Waals surface area contributed by atoms with E-state index in [1.165, 1.54) is 24.0 Å². The third kappa shape index (κ3) is 4.97. The number of aromatic nitrogens is 2. The van der Waals surface area contributed by atoms with Crippen molar-refractivity contribution in [3.8, 4) is 5.69 Å². The SMILES string of the molecule is CCCN(C(=O)c1nn(-c2cccc(C(F)(F)F)c2)c(C)cc1=O)[C@@H]1CCS(=O)(=O)C1. The van der Waals surface area contributed by atoms with E-state index in [2.05, 4.69) is 5.10 Å². The number of benzene rings is 1. The van der Waals surface area contributed by atoms with E-state index in [-0.39, 0.29) is 35.9 Å². The van der Waals surface area contributed by atoms with Gasteiger partial charge in [-0.3, -0.25) is 9.59 Å². The van der Waals surface area contributed by atoms with E-state index >= 15 is 0 Å². The molecule has 2 aromatic rings. The van der Waals surface area contributed by atoms with Crippen LogP contribution in [-0.2, 0) is 16.0 Å². The van der Waals surface area contributed by atoms with Crippen LogP contribution < -0.4 is 5.43 Å². The van der Waals surface area contributed by atoms with E-state index in [1.807, 2.05) is 6.92 Å². The van der Waals surface area contributed by atoms with Crippen molar-refractivity contribution in [3.63, 3.8) is 0 Å². The van der Waals surface area contributed by atoms with Gasteiger partial charge in [-0.15, -0.1) is 0 Å². The van der Waals surface area contributed by atoms with E-state index in [1.54, 1.807) is 0 Å². The normalized spacial score (nSPS) is 18.2. The first-order valence-corrected chi connectivity index (χ1v) is 11.5. The van der Waals surface area contributed by atoms with Gasteiger partial charge in [-0.05, 0) is 38.0 Å². The Morgan fingerprint density at radius 1 is 1.29 bits per heavy atom. The molecule has 11 heteroatoms. The molecule has 1 atom stereocenters. The molecule has 0 spiro atoms. The van der Waals surface area contributed by atoms with Crippen LogP contribution in [0, 0.1) is 6.92 Å². The summed E-state index contributed by atoms with van der Waals surface area (Å²) in [6.07, 6.45) is -3.76. The molecule has 0 radical (unpaired) electrons. The fourth-order valence-corrected chi connectivity index (χ4v) is 5.35. The molecular formula is C20H22F3N3O4S. The lowest BCUT2D eigenvalue weighted by molar-refractivity contribution is -0.137. The number of halogens is 3. The van der Waals surface area contributed by atoms with Crippen molar-refractivity contribution in [2.75, 3.05) is 18.1 Å². The third-order valence-corrected chi connectivity index (χ3v) is 6.85. The fourth-order valence-electron chi connectivity index (χ4n) is 3.62. The number of alkyl halides is 3. The summed E-state index contributed by atoms with van der Waals surface area (Å²) in [4.78, 5) is 27.0. The zero-order valence-electron chi connectivity index (χ0n) is 17.0. The van der Waals surface area contributed by atoms with Crippen LogP contribution >= 0.6 is 0 Å². The zero-order valence-corrected chi connectivity index (χ0v) is 17.8. The second-order valence-corrected chi connectivity index (χ2v) is 9.74. The van der Waals surface area contributed by atoms with Crippen LogP contribution in [0.5, 0.6) is 0 Å². The molecule has 1 saturated heterocycles. The molecule has 1 aliphatic heterocycles. The summed E-state index contributed by atoms with van der Waals surface area (Å²) in [7, 11) is -3.27. The van der Waals surface area contributed by atoms with Crippen LogP contribution in [0.25, 0.3) is 5.69 Å². The van der Waals surface area contributed by atoms with Gasteiger partial charge < -0.3 is 4.90 Å². The second kappa shape index (κ2) is 8.45. The maximum absolute atomic E-state index is 13.1. The van der Waals surface area contributed by atoms with Gasteiger partial charge in [-0.2, -0.15) is 18.3 Å². The van der Waals surface area contributed by atoms with Crippen LogP contribution in [0.1, 0.15) is 41.5 Å². The molecule has 7 nitrogen and oxygen atoms in total. The van der Waals surface area contributed by atoms with Gasteiger partial charge in [-0.1, -0.05) is 13.0 Å². The van der Waals surface area contributed by atoms with Gasteiger partial charge in [-0.25, -0.2) is 13.1 Å². The van der Waals surface area contributed by atoms with E-state index in [0.29, 0.717) is 6.42 Å². The van der Waals surface area contributed by atoms with Crippen LogP contribution in [0.15, 0.2) is 35.1 Å². The molecule has 0 bridgehead atoms. The minimum Gasteiger partial charge on any atom is -0.333 e. The molecule has 31 heavy (non-hydrogen) atoms. The maximum Gasteiger partial charge on any atom is 0.416 e. The van der Waals surface area contributed by atoms with Crippen molar-refractivity contribution in [1.29, 1.82) is 0 Å². The van der Waals surface area contributed by atoms with Gasteiger partial charge in [0.05, 0.1) is 22.8 Å². The fraction of sp³-hybridized carbons (Fsp3) is 0.450. The number of sulfone groups is 1. The number of aryl methyl sites for hydroxylation is 1. The molecule has 168 valence electrons. The van der Waals surface area contributed by atoms with E-state index in [9.17, 15) is 31.2 Å². The lowest BCUT2D eigenvalue weighted by Gasteiger charge is -2.27. The molecule has 1 fully saturated rings. The molecule has 3 rings (SSSR count). The lowest BCUT2D eigenvalue weighted by Crippen LogP contribution is -2.44. The summed E-state index contributed by atoms with van der Waals surface area (Å²) in [6.45, 7) is 3.54. The zero-order chi connectivity index (χ0) is 23.0. The molecule has 1 aliphatic rings. The first-order chi connectivity index (χ1) is 14.4. The van der Waals surface area contributed by atoms with E-state index in [4.69, 9.17) is 0 Å². The number of hydrogen-bond acceptors (Lipinski definition) is 5. The molecule has 1 aromatic carbocycles. The highest BCUT2D eigenvalue weighted by molar-refractivity contribution is 7.91. The number of nitrogens with zero attached hydrogens (tertiary/aromatic N) is 3. The van der Waals surface area contributed by atoms with Crippen LogP contribution in [0.4, 0.5) is 13.2 Å². The maximum atomic E-state index is 13.1. The predicted octanol–water partition coefficient (Wildman–Crippen LogP) is 2.60.